The summed E-state index contributed by atoms with van der Waals surface area (Å²) in [6.45, 7) is 5.81. The van der Waals surface area contributed by atoms with Gasteiger partial charge in [-0.25, -0.2) is 0 Å². The van der Waals surface area contributed by atoms with Crippen molar-refractivity contribution >= 4 is 17.2 Å². The van der Waals surface area contributed by atoms with E-state index in [0.717, 1.165) is 30.1 Å². The lowest BCUT2D eigenvalue weighted by Gasteiger charge is -2.25. The number of thiophene rings is 1. The second kappa shape index (κ2) is 6.50. The summed E-state index contributed by atoms with van der Waals surface area (Å²) in [7, 11) is 4.11. The van der Waals surface area contributed by atoms with Gasteiger partial charge in [0.2, 0.25) is 0 Å². The summed E-state index contributed by atoms with van der Waals surface area (Å²) in [5, 5.41) is 1.98. The molecule has 2 rings (SSSR count). The number of hydrogen-bond acceptors (Lipinski definition) is 4. The van der Waals surface area contributed by atoms with Gasteiger partial charge in [0.05, 0.1) is 18.1 Å². The number of aryl methyl sites for hydroxylation is 1. The van der Waals surface area contributed by atoms with Crippen LogP contribution in [-0.4, -0.2) is 62.7 Å². The SMILES string of the molecule is Cc1ccsc1C(=O)N1CCOC[C@@H](CN(C)C)C1. The van der Waals surface area contributed by atoms with Crippen LogP contribution in [-0.2, 0) is 4.74 Å². The van der Waals surface area contributed by atoms with Gasteiger partial charge in [0.1, 0.15) is 0 Å². The van der Waals surface area contributed by atoms with Gasteiger partial charge in [-0.15, -0.1) is 11.3 Å². The second-order valence-electron chi connectivity index (χ2n) is 5.39. The molecule has 0 aliphatic carbocycles. The molecule has 1 aromatic heterocycles. The zero-order chi connectivity index (χ0) is 13.8. The lowest BCUT2D eigenvalue weighted by molar-refractivity contribution is 0.0739. The summed E-state index contributed by atoms with van der Waals surface area (Å²) >= 11 is 1.53. The Hall–Kier alpha value is -0.910. The van der Waals surface area contributed by atoms with Crippen LogP contribution in [0.2, 0.25) is 0 Å². The molecule has 0 N–H and O–H groups in total. The molecule has 0 aromatic carbocycles. The first-order valence-electron chi connectivity index (χ1n) is 6.63. The first-order valence-corrected chi connectivity index (χ1v) is 7.51. The Bertz CT molecular complexity index is 431. The number of nitrogens with zero attached hydrogens (tertiary/aromatic N) is 2. The van der Waals surface area contributed by atoms with Gasteiger partial charge in [-0.3, -0.25) is 4.79 Å². The van der Waals surface area contributed by atoms with Gasteiger partial charge in [0.15, 0.2) is 0 Å². The molecule has 1 atom stereocenters. The lowest BCUT2D eigenvalue weighted by atomic mass is 10.1. The van der Waals surface area contributed by atoms with Crippen molar-refractivity contribution in [2.45, 2.75) is 6.92 Å². The van der Waals surface area contributed by atoms with Crippen molar-refractivity contribution in [1.29, 1.82) is 0 Å². The third-order valence-corrected chi connectivity index (χ3v) is 4.31. The summed E-state index contributed by atoms with van der Waals surface area (Å²) in [5.74, 6) is 0.545. The Balaban J connectivity index is 2.06. The number of amides is 1. The third-order valence-electron chi connectivity index (χ3n) is 3.30. The molecule has 1 amide bonds. The van der Waals surface area contributed by atoms with Gasteiger partial charge >= 0.3 is 0 Å². The highest BCUT2D eigenvalue weighted by molar-refractivity contribution is 7.12. The quantitative estimate of drug-likeness (QED) is 0.846. The van der Waals surface area contributed by atoms with Crippen LogP contribution in [0.25, 0.3) is 0 Å². The van der Waals surface area contributed by atoms with Gasteiger partial charge in [0, 0.05) is 25.6 Å². The van der Waals surface area contributed by atoms with E-state index in [-0.39, 0.29) is 5.91 Å². The molecule has 0 saturated carbocycles. The van der Waals surface area contributed by atoms with Gasteiger partial charge in [0.25, 0.3) is 5.91 Å². The molecule has 1 aliphatic heterocycles. The van der Waals surface area contributed by atoms with Crippen molar-refractivity contribution in [1.82, 2.24) is 9.80 Å². The molecule has 0 spiro atoms. The van der Waals surface area contributed by atoms with Crippen LogP contribution in [0.5, 0.6) is 0 Å². The molecule has 2 heterocycles. The number of carbonyl (C=O) groups is 1. The Morgan fingerprint density at radius 3 is 3.00 bits per heavy atom. The fraction of sp³-hybridized carbons (Fsp3) is 0.643. The molecule has 0 unspecified atom stereocenters. The first-order chi connectivity index (χ1) is 9.08. The van der Waals surface area contributed by atoms with Crippen LogP contribution >= 0.6 is 11.3 Å². The highest BCUT2D eigenvalue weighted by atomic mass is 32.1. The van der Waals surface area contributed by atoms with E-state index in [0.29, 0.717) is 19.1 Å². The summed E-state index contributed by atoms with van der Waals surface area (Å²) in [4.78, 5) is 17.5. The summed E-state index contributed by atoms with van der Waals surface area (Å²) in [6, 6.07) is 2.00. The Kier molecular flexibility index (Phi) is 4.96. The van der Waals surface area contributed by atoms with Crippen molar-refractivity contribution < 1.29 is 9.53 Å². The lowest BCUT2D eigenvalue weighted by Crippen LogP contribution is -2.38. The van der Waals surface area contributed by atoms with E-state index < -0.39 is 0 Å². The minimum Gasteiger partial charge on any atom is -0.379 e. The summed E-state index contributed by atoms with van der Waals surface area (Å²) in [5.41, 5.74) is 1.07. The van der Waals surface area contributed by atoms with Crippen LogP contribution in [0.1, 0.15) is 15.2 Å². The van der Waals surface area contributed by atoms with Gasteiger partial charge in [-0.1, -0.05) is 0 Å². The van der Waals surface area contributed by atoms with Crippen LogP contribution in [0.3, 0.4) is 0 Å². The molecule has 106 valence electrons. The van der Waals surface area contributed by atoms with E-state index in [1.165, 1.54) is 11.3 Å². The van der Waals surface area contributed by atoms with Crippen molar-refractivity contribution in [3.8, 4) is 0 Å². The predicted molar refractivity (Wildman–Crippen MR) is 77.8 cm³/mol. The van der Waals surface area contributed by atoms with Gasteiger partial charge in [-0.05, 0) is 38.0 Å². The minimum atomic E-state index is 0.154. The molecule has 1 saturated heterocycles. The molecule has 1 fully saturated rings. The number of rotatable bonds is 3. The fourth-order valence-corrected chi connectivity index (χ4v) is 3.32. The largest absolute Gasteiger partial charge is 0.379 e. The van der Waals surface area contributed by atoms with E-state index in [4.69, 9.17) is 4.74 Å². The van der Waals surface area contributed by atoms with Crippen LogP contribution < -0.4 is 0 Å². The average molecular weight is 282 g/mol. The average Bonchev–Trinajstić information content (AvgIpc) is 2.63. The third kappa shape index (κ3) is 3.78. The standard InChI is InChI=1S/C14H22N2O2S/c1-11-4-7-19-13(11)14(17)16-5-6-18-10-12(9-16)8-15(2)3/h4,7,12H,5-6,8-10H2,1-3H3/t12-/m0/s1. The van der Waals surface area contributed by atoms with E-state index >= 15 is 0 Å². The molecular weight excluding hydrogens is 260 g/mol. The van der Waals surface area contributed by atoms with Crippen LogP contribution in [0.15, 0.2) is 11.4 Å². The Labute approximate surface area is 119 Å². The Morgan fingerprint density at radius 1 is 1.58 bits per heavy atom. The second-order valence-corrected chi connectivity index (χ2v) is 6.30. The van der Waals surface area contributed by atoms with Crippen molar-refractivity contribution in [2.75, 3.05) is 46.9 Å². The predicted octanol–water partition coefficient (Wildman–Crippen LogP) is 1.71. The maximum absolute atomic E-state index is 12.5. The minimum absolute atomic E-state index is 0.154. The Morgan fingerprint density at radius 2 is 2.37 bits per heavy atom. The maximum Gasteiger partial charge on any atom is 0.264 e. The smallest absolute Gasteiger partial charge is 0.264 e. The normalized spacial score (nSPS) is 20.6. The number of ether oxygens (including phenoxy) is 1. The van der Waals surface area contributed by atoms with Crippen molar-refractivity contribution in [3.63, 3.8) is 0 Å². The van der Waals surface area contributed by atoms with Gasteiger partial charge < -0.3 is 14.5 Å². The molecule has 0 bridgehead atoms. The number of hydrogen-bond donors (Lipinski definition) is 0. The summed E-state index contributed by atoms with van der Waals surface area (Å²) in [6.07, 6.45) is 0. The first kappa shape index (κ1) is 14.5. The zero-order valence-corrected chi connectivity index (χ0v) is 12.7. The van der Waals surface area contributed by atoms with Crippen LogP contribution in [0.4, 0.5) is 0 Å². The molecular formula is C14H22N2O2S. The molecule has 5 heteroatoms. The summed E-state index contributed by atoms with van der Waals surface area (Å²) < 4.78 is 5.62. The van der Waals surface area contributed by atoms with E-state index in [1.807, 2.05) is 23.3 Å². The highest BCUT2D eigenvalue weighted by Gasteiger charge is 2.25. The topological polar surface area (TPSA) is 32.8 Å². The van der Waals surface area contributed by atoms with Crippen molar-refractivity contribution in [3.05, 3.63) is 21.9 Å². The fourth-order valence-electron chi connectivity index (χ4n) is 2.43. The molecule has 19 heavy (non-hydrogen) atoms. The van der Waals surface area contributed by atoms with E-state index in [1.54, 1.807) is 0 Å². The molecule has 0 radical (unpaired) electrons. The van der Waals surface area contributed by atoms with Crippen molar-refractivity contribution in [2.24, 2.45) is 5.92 Å². The number of carbonyl (C=O) groups excluding carboxylic acids is 1. The zero-order valence-electron chi connectivity index (χ0n) is 11.9. The molecule has 1 aromatic rings. The molecule has 1 aliphatic rings. The maximum atomic E-state index is 12.5. The van der Waals surface area contributed by atoms with Gasteiger partial charge in [-0.2, -0.15) is 0 Å². The monoisotopic (exact) mass is 282 g/mol. The van der Waals surface area contributed by atoms with E-state index in [2.05, 4.69) is 19.0 Å². The highest BCUT2D eigenvalue weighted by Crippen LogP contribution is 2.19. The molecule has 4 nitrogen and oxygen atoms in total. The van der Waals surface area contributed by atoms with E-state index in [9.17, 15) is 4.79 Å². The van der Waals surface area contributed by atoms with Crippen LogP contribution in [0, 0.1) is 12.8 Å².